The largest absolute Gasteiger partial charge is 0.452 e. The van der Waals surface area contributed by atoms with Crippen LogP contribution in [0.25, 0.3) is 0 Å². The highest BCUT2D eigenvalue weighted by Crippen LogP contribution is 2.20. The van der Waals surface area contributed by atoms with Gasteiger partial charge in [-0.25, -0.2) is 4.79 Å². The zero-order valence-corrected chi connectivity index (χ0v) is 24.5. The Morgan fingerprint density at radius 3 is 1.22 bits per heavy atom. The summed E-state index contributed by atoms with van der Waals surface area (Å²) in [6, 6.07) is 0. The molecular weight excluding hydrogens is 480 g/mol. The molecule has 0 saturated carbocycles. The zero-order chi connectivity index (χ0) is 29.4. The van der Waals surface area contributed by atoms with Gasteiger partial charge in [-0.3, -0.25) is 14.4 Å². The summed E-state index contributed by atoms with van der Waals surface area (Å²) in [6.45, 7) is 24.9. The minimum absolute atomic E-state index is 0.0240. The molecule has 0 rings (SSSR count). The van der Waals surface area contributed by atoms with Crippen LogP contribution in [0.4, 0.5) is 0 Å². The first-order valence-electron chi connectivity index (χ1n) is 12.3. The van der Waals surface area contributed by atoms with Crippen molar-refractivity contribution in [2.45, 2.75) is 105 Å². The van der Waals surface area contributed by atoms with Gasteiger partial charge in [-0.1, -0.05) is 13.2 Å². The van der Waals surface area contributed by atoms with E-state index in [1.54, 1.807) is 55.4 Å². The van der Waals surface area contributed by atoms with Crippen molar-refractivity contribution >= 4 is 23.3 Å². The second-order valence-corrected chi connectivity index (χ2v) is 11.1. The van der Waals surface area contributed by atoms with Crippen LogP contribution in [0, 0.1) is 0 Å². The van der Waals surface area contributed by atoms with E-state index in [-0.39, 0.29) is 38.0 Å². The Labute approximate surface area is 221 Å². The van der Waals surface area contributed by atoms with Crippen molar-refractivity contribution in [3.63, 3.8) is 0 Å². The Bertz CT molecular complexity index is 878. The van der Waals surface area contributed by atoms with Gasteiger partial charge in [0.2, 0.25) is 5.78 Å². The zero-order valence-electron chi connectivity index (χ0n) is 24.5. The van der Waals surface area contributed by atoms with Crippen molar-refractivity contribution in [2.24, 2.45) is 0 Å². The maximum absolute atomic E-state index is 12.9. The summed E-state index contributed by atoms with van der Waals surface area (Å²) in [6.07, 6.45) is -1.10. The van der Waals surface area contributed by atoms with Crippen LogP contribution in [0.5, 0.6) is 0 Å². The number of esters is 1. The van der Waals surface area contributed by atoms with Gasteiger partial charge in [0.15, 0.2) is 23.3 Å². The van der Waals surface area contributed by atoms with E-state index in [0.717, 1.165) is 0 Å². The minimum Gasteiger partial charge on any atom is -0.452 e. The van der Waals surface area contributed by atoms with Gasteiger partial charge < -0.3 is 23.7 Å². The topological polar surface area (TPSA) is 114 Å². The van der Waals surface area contributed by atoms with Crippen molar-refractivity contribution in [1.29, 1.82) is 0 Å². The normalized spacial score (nSPS) is 13.6. The second-order valence-electron chi connectivity index (χ2n) is 11.1. The monoisotopic (exact) mass is 526 g/mol. The summed E-state index contributed by atoms with van der Waals surface area (Å²) in [4.78, 5) is 49.8. The molecule has 0 saturated heterocycles. The van der Waals surface area contributed by atoms with Crippen LogP contribution in [0.15, 0.2) is 24.3 Å². The van der Waals surface area contributed by atoms with Gasteiger partial charge in [0, 0.05) is 0 Å². The summed E-state index contributed by atoms with van der Waals surface area (Å²) in [5.41, 5.74) is -3.98. The first-order chi connectivity index (χ1) is 16.6. The number of Topliss-reactive ketones (excluding diaryl/α,β-unsaturated/α-hetero) is 3. The molecule has 0 bridgehead atoms. The highest BCUT2D eigenvalue weighted by Gasteiger charge is 2.39. The molecule has 9 heteroatoms. The lowest BCUT2D eigenvalue weighted by atomic mass is 9.98. The number of hydrogen-bond acceptors (Lipinski definition) is 9. The molecule has 0 heterocycles. The molecule has 0 radical (unpaired) electrons. The lowest BCUT2D eigenvalue weighted by Gasteiger charge is -2.30. The van der Waals surface area contributed by atoms with Crippen LogP contribution in [0.1, 0.15) is 76.2 Å². The number of rotatable bonds is 18. The summed E-state index contributed by atoms with van der Waals surface area (Å²) >= 11 is 0. The summed E-state index contributed by atoms with van der Waals surface area (Å²) in [7, 11) is 0. The summed E-state index contributed by atoms with van der Waals surface area (Å²) in [5, 5.41) is 0. The van der Waals surface area contributed by atoms with E-state index in [0.29, 0.717) is 11.1 Å². The molecule has 0 aliphatic rings. The fourth-order valence-corrected chi connectivity index (χ4v) is 3.32. The van der Waals surface area contributed by atoms with Gasteiger partial charge >= 0.3 is 5.97 Å². The van der Waals surface area contributed by atoms with Gasteiger partial charge in [0.05, 0.1) is 26.4 Å². The van der Waals surface area contributed by atoms with Crippen LogP contribution in [-0.2, 0) is 42.9 Å². The lowest BCUT2D eigenvalue weighted by molar-refractivity contribution is -0.182. The van der Waals surface area contributed by atoms with E-state index >= 15 is 0 Å². The average Bonchev–Trinajstić information content (AvgIpc) is 2.77. The average molecular weight is 527 g/mol. The number of carbonyl (C=O) groups is 4. The fraction of sp³-hybridized carbons (Fsp3) is 0.714. The van der Waals surface area contributed by atoms with Crippen molar-refractivity contribution in [2.75, 3.05) is 26.4 Å². The van der Waals surface area contributed by atoms with E-state index in [1.807, 2.05) is 0 Å². The summed E-state index contributed by atoms with van der Waals surface area (Å²) in [5.74, 6) is -1.62. The van der Waals surface area contributed by atoms with Crippen molar-refractivity contribution in [3.05, 3.63) is 24.3 Å². The molecule has 0 aromatic carbocycles. The third kappa shape index (κ3) is 11.0. The molecule has 37 heavy (non-hydrogen) atoms. The molecule has 212 valence electrons. The minimum atomic E-state index is -1.36. The molecule has 0 amide bonds. The van der Waals surface area contributed by atoms with Gasteiger partial charge in [0.25, 0.3) is 0 Å². The quantitative estimate of drug-likeness (QED) is 0.149. The Hall–Kier alpha value is -2.20. The molecule has 1 atom stereocenters. The maximum Gasteiger partial charge on any atom is 0.338 e. The van der Waals surface area contributed by atoms with E-state index in [4.69, 9.17) is 23.7 Å². The molecule has 9 nitrogen and oxygen atoms in total. The van der Waals surface area contributed by atoms with Crippen molar-refractivity contribution in [3.8, 4) is 0 Å². The molecule has 0 aromatic heterocycles. The van der Waals surface area contributed by atoms with Crippen LogP contribution < -0.4 is 0 Å². The van der Waals surface area contributed by atoms with E-state index < -0.39 is 40.3 Å². The third-order valence-electron chi connectivity index (χ3n) is 5.63. The lowest BCUT2D eigenvalue weighted by Crippen LogP contribution is -2.47. The number of hydrogen-bond donors (Lipinski definition) is 0. The highest BCUT2D eigenvalue weighted by atomic mass is 16.6. The second kappa shape index (κ2) is 13.6. The first-order valence-corrected chi connectivity index (χ1v) is 12.3. The molecule has 0 N–H and O–H groups in total. The van der Waals surface area contributed by atoms with Crippen molar-refractivity contribution in [1.82, 2.24) is 0 Å². The smallest absolute Gasteiger partial charge is 0.338 e. The molecule has 0 aliphatic carbocycles. The predicted octanol–water partition coefficient (Wildman–Crippen LogP) is 3.96. The number of carbonyl (C=O) groups excluding carboxylic acids is 4. The first kappa shape index (κ1) is 34.8. The van der Waals surface area contributed by atoms with E-state index in [2.05, 4.69) is 13.2 Å². The molecule has 0 fully saturated rings. The van der Waals surface area contributed by atoms with Crippen LogP contribution in [0.2, 0.25) is 0 Å². The number of ether oxygens (including phenoxy) is 5. The Balaban J connectivity index is 4.77. The molecule has 1 unspecified atom stereocenters. The molecule has 0 aliphatic heterocycles. The Kier molecular flexibility index (Phi) is 12.7. The van der Waals surface area contributed by atoms with Crippen LogP contribution in [-0.4, -0.2) is 78.3 Å². The van der Waals surface area contributed by atoms with Crippen LogP contribution >= 0.6 is 0 Å². The standard InChI is InChI=1S/C28H46O9/c1-18(2)21(29)25(6,7)33-14-15-35-27(10,11)23(31)20(5)37-24(32)28(12,13)36-17-16-34-26(8,9)22(30)19(3)4/h20H,1,3,14-17H2,2,4-13H3. The number of ketones is 3. The van der Waals surface area contributed by atoms with Crippen LogP contribution in [0.3, 0.4) is 0 Å². The maximum atomic E-state index is 12.9. The predicted molar refractivity (Wildman–Crippen MR) is 140 cm³/mol. The van der Waals surface area contributed by atoms with Gasteiger partial charge in [-0.2, -0.15) is 0 Å². The molecular formula is C28H46O9. The van der Waals surface area contributed by atoms with E-state index in [9.17, 15) is 19.2 Å². The van der Waals surface area contributed by atoms with E-state index in [1.165, 1.54) is 20.8 Å². The molecule has 0 aromatic rings. The Morgan fingerprint density at radius 1 is 0.595 bits per heavy atom. The van der Waals surface area contributed by atoms with Gasteiger partial charge in [0.1, 0.15) is 16.8 Å². The SMILES string of the molecule is C=C(C)C(=O)C(C)(C)OCCOC(C)(C)C(=O)OC(C)C(=O)C(C)(C)OCCOC(C)(C)C(=O)C(=C)C. The Morgan fingerprint density at radius 2 is 0.892 bits per heavy atom. The van der Waals surface area contributed by atoms with Crippen molar-refractivity contribution < 1.29 is 42.9 Å². The molecule has 0 spiro atoms. The highest BCUT2D eigenvalue weighted by molar-refractivity contribution is 6.00. The fourth-order valence-electron chi connectivity index (χ4n) is 3.32. The van der Waals surface area contributed by atoms with Gasteiger partial charge in [-0.05, 0) is 87.3 Å². The summed E-state index contributed by atoms with van der Waals surface area (Å²) < 4.78 is 27.9. The third-order valence-corrected chi connectivity index (χ3v) is 5.63. The van der Waals surface area contributed by atoms with Gasteiger partial charge in [-0.15, -0.1) is 0 Å².